The Kier molecular flexibility index (Phi) is 10.4. The van der Waals surface area contributed by atoms with Crippen molar-refractivity contribution in [3.8, 4) is 0 Å². The molecule has 6 nitrogen and oxygen atoms in total. The van der Waals surface area contributed by atoms with E-state index in [2.05, 4.69) is 31.9 Å². The van der Waals surface area contributed by atoms with Gasteiger partial charge in [-0.15, -0.1) is 0 Å². The quantitative estimate of drug-likeness (QED) is 0.163. The van der Waals surface area contributed by atoms with Crippen LogP contribution >= 0.6 is 31.9 Å². The maximum absolute atomic E-state index is 14.0. The molecule has 0 radical (unpaired) electrons. The second-order valence-corrected chi connectivity index (χ2v) is 18.0. The van der Waals surface area contributed by atoms with Gasteiger partial charge in [0.2, 0.25) is 0 Å². The van der Waals surface area contributed by atoms with Gasteiger partial charge in [0.1, 0.15) is 22.4 Å². The second-order valence-electron chi connectivity index (χ2n) is 16.2. The van der Waals surface area contributed by atoms with Crippen LogP contribution in [0.4, 0.5) is 0 Å². The first kappa shape index (κ1) is 39.7. The van der Waals surface area contributed by atoms with Gasteiger partial charge in [-0.05, 0) is 46.5 Å². The summed E-state index contributed by atoms with van der Waals surface area (Å²) in [6, 6.07) is 48.5. The number of rotatable bonds is 4. The summed E-state index contributed by atoms with van der Waals surface area (Å²) in [4.78, 5) is 81.7. The van der Waals surface area contributed by atoms with E-state index in [1.54, 1.807) is 48.5 Å². The Bertz CT molecular complexity index is 2450. The van der Waals surface area contributed by atoms with E-state index in [0.29, 0.717) is 22.3 Å². The third kappa shape index (κ3) is 6.26. The first-order valence-electron chi connectivity index (χ1n) is 20.1. The molecule has 2 fully saturated rings. The minimum Gasteiger partial charge on any atom is -0.300 e. The number of fused-ring (bicyclic) bond motifs is 2. The molecule has 4 aliphatic rings. The van der Waals surface area contributed by atoms with Crippen LogP contribution in [0.5, 0.6) is 0 Å². The predicted molar refractivity (Wildman–Crippen MR) is 236 cm³/mol. The molecular weight excluding hydrogens is 880 g/mol. The molecule has 10 rings (SSSR count). The molecule has 2 saturated carbocycles. The SMILES string of the molecule is O=C1C[C@@H](c2ccccc2)C2(C(=O)c3ccccc3C2=O)[C@H](c2ccc(Br)cc2)C1.O=C1C[C@@H](c2ccccc2)C2(C(=O)c3ccccc3C2=O)[C@H](c2ccc(Br)cc2)C1. The zero-order chi connectivity index (χ0) is 41.8. The summed E-state index contributed by atoms with van der Waals surface area (Å²) in [5.41, 5.74) is 2.71. The largest absolute Gasteiger partial charge is 0.300 e. The van der Waals surface area contributed by atoms with Crippen LogP contribution in [0.2, 0.25) is 0 Å². The predicted octanol–water partition coefficient (Wildman–Crippen LogP) is 11.5. The van der Waals surface area contributed by atoms with E-state index in [9.17, 15) is 28.8 Å². The maximum Gasteiger partial charge on any atom is 0.178 e. The molecule has 6 aromatic carbocycles. The summed E-state index contributed by atoms with van der Waals surface area (Å²) >= 11 is 6.90. The van der Waals surface area contributed by atoms with Crippen LogP contribution in [0.15, 0.2) is 167 Å². The van der Waals surface area contributed by atoms with Gasteiger partial charge in [0, 0.05) is 80.6 Å². The zero-order valence-electron chi connectivity index (χ0n) is 32.4. The number of ketones is 6. The highest BCUT2D eigenvalue weighted by Gasteiger charge is 2.66. The zero-order valence-corrected chi connectivity index (χ0v) is 35.5. The number of Topliss-reactive ketones (excluding diaryl/α,β-unsaturated/α-hetero) is 6. The van der Waals surface area contributed by atoms with Crippen molar-refractivity contribution in [2.45, 2.75) is 49.4 Å². The summed E-state index contributed by atoms with van der Waals surface area (Å²) in [5.74, 6) is -2.42. The monoisotopic (exact) mass is 916 g/mol. The van der Waals surface area contributed by atoms with Crippen LogP contribution < -0.4 is 0 Å². The minimum atomic E-state index is -1.30. The number of carbonyl (C=O) groups excluding carboxylic acids is 6. The summed E-state index contributed by atoms with van der Waals surface area (Å²) in [5, 5.41) is 0. The molecule has 0 amide bonds. The maximum atomic E-state index is 14.0. The Morgan fingerprint density at radius 2 is 0.550 bits per heavy atom. The molecule has 6 aromatic rings. The Morgan fingerprint density at radius 3 is 0.817 bits per heavy atom. The third-order valence-electron chi connectivity index (χ3n) is 13.2. The van der Waals surface area contributed by atoms with E-state index in [0.717, 1.165) is 31.2 Å². The molecule has 8 heteroatoms. The number of hydrogen-bond donors (Lipinski definition) is 0. The van der Waals surface area contributed by atoms with E-state index in [1.807, 2.05) is 109 Å². The topological polar surface area (TPSA) is 102 Å². The van der Waals surface area contributed by atoms with Crippen LogP contribution in [0.1, 0.15) is 113 Å². The number of hydrogen-bond acceptors (Lipinski definition) is 6. The smallest absolute Gasteiger partial charge is 0.178 e. The van der Waals surface area contributed by atoms with Gasteiger partial charge < -0.3 is 0 Å². The lowest BCUT2D eigenvalue weighted by Gasteiger charge is -2.44. The average molecular weight is 919 g/mol. The van der Waals surface area contributed by atoms with Crippen LogP contribution in [-0.2, 0) is 9.59 Å². The van der Waals surface area contributed by atoms with Crippen molar-refractivity contribution >= 4 is 66.6 Å². The van der Waals surface area contributed by atoms with E-state index < -0.39 is 34.5 Å². The highest BCUT2D eigenvalue weighted by atomic mass is 79.9. The molecule has 0 unspecified atom stereocenters. The highest BCUT2D eigenvalue weighted by Crippen LogP contribution is 2.61. The van der Waals surface area contributed by atoms with Crippen molar-refractivity contribution in [3.63, 3.8) is 0 Å². The normalized spacial score (nSPS) is 22.4. The van der Waals surface area contributed by atoms with Gasteiger partial charge >= 0.3 is 0 Å². The highest BCUT2D eigenvalue weighted by molar-refractivity contribution is 9.10. The molecule has 0 bridgehead atoms. The van der Waals surface area contributed by atoms with Crippen molar-refractivity contribution in [1.82, 2.24) is 0 Å². The molecule has 0 N–H and O–H groups in total. The number of carbonyl (C=O) groups is 6. The lowest BCUT2D eigenvalue weighted by atomic mass is 9.54. The molecular formula is C52H38Br2O6. The number of halogens is 2. The molecule has 2 spiro atoms. The molecule has 0 aromatic heterocycles. The summed E-state index contributed by atoms with van der Waals surface area (Å²) in [6.07, 6.45) is 0.776. The summed E-state index contributed by atoms with van der Waals surface area (Å²) in [7, 11) is 0. The Hall–Kier alpha value is -5.70. The average Bonchev–Trinajstić information content (AvgIpc) is 3.63. The fourth-order valence-corrected chi connectivity index (χ4v) is 11.1. The van der Waals surface area contributed by atoms with Crippen LogP contribution in [-0.4, -0.2) is 34.7 Å². The van der Waals surface area contributed by atoms with Crippen molar-refractivity contribution in [2.24, 2.45) is 10.8 Å². The first-order chi connectivity index (χ1) is 29.1. The lowest BCUT2D eigenvalue weighted by Crippen LogP contribution is -2.49. The van der Waals surface area contributed by atoms with Crippen molar-refractivity contribution in [2.75, 3.05) is 0 Å². The van der Waals surface area contributed by atoms with E-state index in [4.69, 9.17) is 0 Å². The minimum absolute atomic E-state index is 0.0824. The Morgan fingerprint density at radius 1 is 0.317 bits per heavy atom. The van der Waals surface area contributed by atoms with Crippen LogP contribution in [0, 0.1) is 10.8 Å². The van der Waals surface area contributed by atoms with Gasteiger partial charge in [-0.3, -0.25) is 28.8 Å². The second kappa shape index (κ2) is 15.7. The lowest BCUT2D eigenvalue weighted by molar-refractivity contribution is -0.123. The van der Waals surface area contributed by atoms with E-state index >= 15 is 0 Å². The van der Waals surface area contributed by atoms with Crippen molar-refractivity contribution in [3.05, 3.63) is 211 Å². The first-order valence-corrected chi connectivity index (χ1v) is 21.7. The Labute approximate surface area is 364 Å². The van der Waals surface area contributed by atoms with Gasteiger partial charge in [-0.25, -0.2) is 0 Å². The molecule has 4 aliphatic carbocycles. The fourth-order valence-electron chi connectivity index (χ4n) is 10.6. The summed E-state index contributed by atoms with van der Waals surface area (Å²) in [6.45, 7) is 0. The van der Waals surface area contributed by atoms with Gasteiger partial charge in [0.05, 0.1) is 0 Å². The molecule has 60 heavy (non-hydrogen) atoms. The van der Waals surface area contributed by atoms with E-state index in [1.165, 1.54) is 0 Å². The van der Waals surface area contributed by atoms with Gasteiger partial charge in [-0.1, -0.05) is 165 Å². The fraction of sp³-hybridized carbons (Fsp3) is 0.192. The van der Waals surface area contributed by atoms with Crippen LogP contribution in [0.25, 0.3) is 0 Å². The molecule has 0 saturated heterocycles. The summed E-state index contributed by atoms with van der Waals surface area (Å²) < 4.78 is 1.82. The third-order valence-corrected chi connectivity index (χ3v) is 14.3. The molecule has 0 heterocycles. The van der Waals surface area contributed by atoms with E-state index in [-0.39, 0.29) is 60.4 Å². The standard InChI is InChI=1S/2C26H19BrO3/c2*27-18-12-10-17(11-13-18)23-15-19(28)14-22(16-6-2-1-3-7-16)26(23)24(29)20-8-4-5-9-21(20)25(26)30/h2*1-13,22-23H,14-15H2/t2*22-,23-/m00/s1. The number of benzene rings is 6. The van der Waals surface area contributed by atoms with Gasteiger partial charge in [0.25, 0.3) is 0 Å². The van der Waals surface area contributed by atoms with Crippen molar-refractivity contribution in [1.29, 1.82) is 0 Å². The molecule has 296 valence electrons. The van der Waals surface area contributed by atoms with Gasteiger partial charge in [-0.2, -0.15) is 0 Å². The molecule has 4 atom stereocenters. The van der Waals surface area contributed by atoms with Crippen LogP contribution in [0.3, 0.4) is 0 Å². The molecule has 0 aliphatic heterocycles. The van der Waals surface area contributed by atoms with Gasteiger partial charge in [0.15, 0.2) is 23.1 Å². The van der Waals surface area contributed by atoms with Crippen molar-refractivity contribution < 1.29 is 28.8 Å². The Balaban J connectivity index is 0.000000154.